The Morgan fingerprint density at radius 3 is 2.67 bits per heavy atom. The standard InChI is InChI=1S/C10H16ClN3S/c1-13-5-3-8(4-6-13)14-7-9(15-2)10(11)12-14/h7-8H,3-6H2,1-2H3. The van der Waals surface area contributed by atoms with Crippen molar-refractivity contribution in [2.24, 2.45) is 0 Å². The number of thioether (sulfide) groups is 1. The lowest BCUT2D eigenvalue weighted by molar-refractivity contribution is 0.212. The van der Waals surface area contributed by atoms with E-state index >= 15 is 0 Å². The van der Waals surface area contributed by atoms with E-state index in [1.807, 2.05) is 10.9 Å². The highest BCUT2D eigenvalue weighted by Crippen LogP contribution is 2.28. The fourth-order valence-electron chi connectivity index (χ4n) is 1.94. The number of nitrogens with zero attached hydrogens (tertiary/aromatic N) is 3. The zero-order valence-electron chi connectivity index (χ0n) is 9.11. The summed E-state index contributed by atoms with van der Waals surface area (Å²) in [6, 6.07) is 0.527. The van der Waals surface area contributed by atoms with Gasteiger partial charge in [0.15, 0.2) is 5.15 Å². The Bertz CT molecular complexity index is 331. The summed E-state index contributed by atoms with van der Waals surface area (Å²) >= 11 is 7.68. The molecule has 1 aliphatic rings. The minimum atomic E-state index is 0.527. The molecule has 0 saturated carbocycles. The van der Waals surface area contributed by atoms with E-state index in [1.165, 1.54) is 12.8 Å². The topological polar surface area (TPSA) is 21.1 Å². The molecular formula is C10H16ClN3S. The number of likely N-dealkylation sites (tertiary alicyclic amines) is 1. The van der Waals surface area contributed by atoms with Crippen LogP contribution in [0.5, 0.6) is 0 Å². The van der Waals surface area contributed by atoms with Gasteiger partial charge in [0, 0.05) is 6.20 Å². The zero-order valence-corrected chi connectivity index (χ0v) is 10.7. The largest absolute Gasteiger partial charge is 0.306 e. The van der Waals surface area contributed by atoms with Gasteiger partial charge in [-0.05, 0) is 39.2 Å². The Morgan fingerprint density at radius 1 is 1.47 bits per heavy atom. The van der Waals surface area contributed by atoms with Crippen molar-refractivity contribution in [2.45, 2.75) is 23.8 Å². The van der Waals surface area contributed by atoms with Crippen LogP contribution in [0.3, 0.4) is 0 Å². The maximum absolute atomic E-state index is 6.03. The predicted octanol–water partition coefficient (Wildman–Crippen LogP) is 2.53. The van der Waals surface area contributed by atoms with Crippen LogP contribution in [0.4, 0.5) is 0 Å². The lowest BCUT2D eigenvalue weighted by atomic mass is 10.1. The first-order valence-electron chi connectivity index (χ1n) is 5.18. The van der Waals surface area contributed by atoms with Crippen LogP contribution in [-0.4, -0.2) is 41.1 Å². The number of halogens is 1. The van der Waals surface area contributed by atoms with E-state index in [9.17, 15) is 0 Å². The average Bonchev–Trinajstić information content (AvgIpc) is 2.61. The van der Waals surface area contributed by atoms with E-state index < -0.39 is 0 Å². The third-order valence-electron chi connectivity index (χ3n) is 2.94. The maximum atomic E-state index is 6.03. The predicted molar refractivity (Wildman–Crippen MR) is 64.8 cm³/mol. The van der Waals surface area contributed by atoms with Gasteiger partial charge in [0.1, 0.15) is 0 Å². The molecule has 2 rings (SSSR count). The van der Waals surface area contributed by atoms with Crippen LogP contribution >= 0.6 is 23.4 Å². The van der Waals surface area contributed by atoms with Gasteiger partial charge in [-0.15, -0.1) is 11.8 Å². The van der Waals surface area contributed by atoms with Crippen LogP contribution in [0.2, 0.25) is 5.15 Å². The van der Waals surface area contributed by atoms with E-state index in [-0.39, 0.29) is 0 Å². The molecule has 0 amide bonds. The molecule has 0 bridgehead atoms. The van der Waals surface area contributed by atoms with Crippen LogP contribution in [-0.2, 0) is 0 Å². The van der Waals surface area contributed by atoms with Crippen LogP contribution in [0.1, 0.15) is 18.9 Å². The van der Waals surface area contributed by atoms with Gasteiger partial charge in [-0.1, -0.05) is 11.6 Å². The fourth-order valence-corrected chi connectivity index (χ4v) is 2.73. The molecule has 0 unspecified atom stereocenters. The number of rotatable bonds is 2. The molecule has 1 aromatic heterocycles. The molecule has 5 heteroatoms. The fraction of sp³-hybridized carbons (Fsp3) is 0.700. The molecule has 0 aliphatic carbocycles. The first kappa shape index (κ1) is 11.3. The van der Waals surface area contributed by atoms with Crippen LogP contribution < -0.4 is 0 Å². The second kappa shape index (κ2) is 4.76. The summed E-state index contributed by atoms with van der Waals surface area (Å²) in [7, 11) is 2.17. The first-order valence-corrected chi connectivity index (χ1v) is 6.78. The SMILES string of the molecule is CSc1cn(C2CCN(C)CC2)nc1Cl. The van der Waals surface area contributed by atoms with Gasteiger partial charge in [-0.25, -0.2) is 0 Å². The molecule has 1 fully saturated rings. The van der Waals surface area contributed by atoms with Crippen molar-refractivity contribution in [2.75, 3.05) is 26.4 Å². The maximum Gasteiger partial charge on any atom is 0.164 e. The van der Waals surface area contributed by atoms with Gasteiger partial charge < -0.3 is 4.90 Å². The van der Waals surface area contributed by atoms with Crippen molar-refractivity contribution in [3.05, 3.63) is 11.3 Å². The van der Waals surface area contributed by atoms with Crippen molar-refractivity contribution in [1.29, 1.82) is 0 Å². The number of hydrogen-bond donors (Lipinski definition) is 0. The van der Waals surface area contributed by atoms with Crippen LogP contribution in [0.15, 0.2) is 11.1 Å². The summed E-state index contributed by atoms with van der Waals surface area (Å²) in [5, 5.41) is 5.01. The molecule has 0 aromatic carbocycles. The highest BCUT2D eigenvalue weighted by molar-refractivity contribution is 7.98. The lowest BCUT2D eigenvalue weighted by Crippen LogP contribution is -2.31. The van der Waals surface area contributed by atoms with Crippen molar-refractivity contribution in [3.8, 4) is 0 Å². The average molecular weight is 246 g/mol. The molecular weight excluding hydrogens is 230 g/mol. The van der Waals surface area contributed by atoms with Crippen molar-refractivity contribution in [3.63, 3.8) is 0 Å². The molecule has 84 valence electrons. The molecule has 1 aromatic rings. The summed E-state index contributed by atoms with van der Waals surface area (Å²) in [6.07, 6.45) is 6.44. The highest BCUT2D eigenvalue weighted by Gasteiger charge is 2.20. The molecule has 2 heterocycles. The molecule has 0 radical (unpaired) electrons. The monoisotopic (exact) mass is 245 g/mol. The minimum Gasteiger partial charge on any atom is -0.306 e. The Labute approximate surface area is 99.8 Å². The normalized spacial score (nSPS) is 19.7. The lowest BCUT2D eigenvalue weighted by Gasteiger charge is -2.28. The van der Waals surface area contributed by atoms with Crippen molar-refractivity contribution < 1.29 is 0 Å². The second-order valence-electron chi connectivity index (χ2n) is 4.00. The van der Waals surface area contributed by atoms with Gasteiger partial charge >= 0.3 is 0 Å². The third kappa shape index (κ3) is 2.49. The Kier molecular flexibility index (Phi) is 3.59. The van der Waals surface area contributed by atoms with Gasteiger partial charge in [0.25, 0.3) is 0 Å². The van der Waals surface area contributed by atoms with E-state index in [1.54, 1.807) is 11.8 Å². The third-order valence-corrected chi connectivity index (χ3v) is 4.07. The molecule has 0 spiro atoms. The summed E-state index contributed by atoms with van der Waals surface area (Å²) in [4.78, 5) is 3.44. The van der Waals surface area contributed by atoms with E-state index in [4.69, 9.17) is 11.6 Å². The molecule has 0 N–H and O–H groups in total. The van der Waals surface area contributed by atoms with Gasteiger partial charge in [-0.3, -0.25) is 4.68 Å². The second-order valence-corrected chi connectivity index (χ2v) is 5.21. The minimum absolute atomic E-state index is 0.527. The van der Waals surface area contributed by atoms with Crippen molar-refractivity contribution in [1.82, 2.24) is 14.7 Å². The van der Waals surface area contributed by atoms with Gasteiger partial charge in [0.05, 0.1) is 10.9 Å². The summed E-state index contributed by atoms with van der Waals surface area (Å²) < 4.78 is 2.04. The number of hydrogen-bond acceptors (Lipinski definition) is 3. The Balaban J connectivity index is 2.09. The van der Waals surface area contributed by atoms with Gasteiger partial charge in [-0.2, -0.15) is 5.10 Å². The number of aromatic nitrogens is 2. The van der Waals surface area contributed by atoms with E-state index in [2.05, 4.69) is 23.2 Å². The highest BCUT2D eigenvalue weighted by atomic mass is 35.5. The molecule has 3 nitrogen and oxygen atoms in total. The molecule has 1 aliphatic heterocycles. The summed E-state index contributed by atoms with van der Waals surface area (Å²) in [6.45, 7) is 2.30. The van der Waals surface area contributed by atoms with E-state index in [0.29, 0.717) is 11.2 Å². The quantitative estimate of drug-likeness (QED) is 0.748. The Morgan fingerprint density at radius 2 is 2.13 bits per heavy atom. The molecule has 0 atom stereocenters. The summed E-state index contributed by atoms with van der Waals surface area (Å²) in [5.74, 6) is 0. The number of piperidine rings is 1. The van der Waals surface area contributed by atoms with Crippen molar-refractivity contribution >= 4 is 23.4 Å². The summed E-state index contributed by atoms with van der Waals surface area (Å²) in [5.41, 5.74) is 0. The van der Waals surface area contributed by atoms with Crippen LogP contribution in [0.25, 0.3) is 0 Å². The molecule has 15 heavy (non-hydrogen) atoms. The van der Waals surface area contributed by atoms with Crippen LogP contribution in [0, 0.1) is 0 Å². The zero-order chi connectivity index (χ0) is 10.8. The Hall–Kier alpha value is -0.190. The first-order chi connectivity index (χ1) is 7.20. The smallest absolute Gasteiger partial charge is 0.164 e. The van der Waals surface area contributed by atoms with E-state index in [0.717, 1.165) is 18.0 Å². The van der Waals surface area contributed by atoms with Gasteiger partial charge in [0.2, 0.25) is 0 Å². The molecule has 1 saturated heterocycles.